The number of aromatic amines is 1. The summed E-state index contributed by atoms with van der Waals surface area (Å²) < 4.78 is 36.3. The molecule has 2 saturated heterocycles. The van der Waals surface area contributed by atoms with Crippen LogP contribution in [0.15, 0.2) is 24.3 Å². The van der Waals surface area contributed by atoms with E-state index in [0.29, 0.717) is 41.7 Å². The van der Waals surface area contributed by atoms with Crippen LogP contribution in [0, 0.1) is 6.92 Å². The number of fused-ring (bicyclic) bond motifs is 1. The van der Waals surface area contributed by atoms with E-state index in [1.54, 1.807) is 7.11 Å². The van der Waals surface area contributed by atoms with Gasteiger partial charge in [-0.05, 0) is 70.3 Å². The average molecular weight is 514 g/mol. The van der Waals surface area contributed by atoms with E-state index in [2.05, 4.69) is 15.2 Å². The summed E-state index contributed by atoms with van der Waals surface area (Å²) in [5.41, 5.74) is 2.53. The Labute approximate surface area is 212 Å². The van der Waals surface area contributed by atoms with Crippen LogP contribution in [0.5, 0.6) is 11.5 Å². The lowest BCUT2D eigenvalue weighted by Crippen LogP contribution is -2.35. The van der Waals surface area contributed by atoms with Crippen molar-refractivity contribution in [3.8, 4) is 23.0 Å². The van der Waals surface area contributed by atoms with E-state index < -0.39 is 9.84 Å². The normalized spacial score (nSPS) is 20.0. The molecule has 5 rings (SSSR count). The second-order valence-electron chi connectivity index (χ2n) is 9.82. The van der Waals surface area contributed by atoms with Crippen LogP contribution in [0.25, 0.3) is 22.4 Å². The molecule has 0 aliphatic carbocycles. The van der Waals surface area contributed by atoms with Crippen LogP contribution in [-0.2, 0) is 9.84 Å². The molecule has 9 nitrogen and oxygen atoms in total. The highest BCUT2D eigenvalue weighted by Gasteiger charge is 2.26. The van der Waals surface area contributed by atoms with E-state index in [0.717, 1.165) is 36.2 Å². The molecular formula is C26H35N5O4S. The van der Waals surface area contributed by atoms with Gasteiger partial charge >= 0.3 is 0 Å². The summed E-state index contributed by atoms with van der Waals surface area (Å²) >= 11 is 0. The first kappa shape index (κ1) is 24.8. The molecule has 194 valence electrons. The lowest BCUT2D eigenvalue weighted by Gasteiger charge is -2.24. The quantitative estimate of drug-likeness (QED) is 0.416. The van der Waals surface area contributed by atoms with E-state index in [4.69, 9.17) is 19.4 Å². The number of methoxy groups -OCH3 is 1. The number of nitrogens with zero attached hydrogens (tertiary/aromatic N) is 3. The largest absolute Gasteiger partial charge is 0.493 e. The van der Waals surface area contributed by atoms with Gasteiger partial charge in [-0.3, -0.25) is 0 Å². The van der Waals surface area contributed by atoms with Crippen LogP contribution >= 0.6 is 0 Å². The molecule has 0 amide bonds. The summed E-state index contributed by atoms with van der Waals surface area (Å²) in [5.74, 6) is 2.74. The predicted octanol–water partition coefficient (Wildman–Crippen LogP) is 3.80. The Bertz CT molecular complexity index is 1320. The van der Waals surface area contributed by atoms with E-state index in [9.17, 15) is 8.42 Å². The zero-order valence-corrected chi connectivity index (χ0v) is 21.9. The summed E-state index contributed by atoms with van der Waals surface area (Å²) in [7, 11) is -1.44. The fourth-order valence-corrected chi connectivity index (χ4v) is 6.72. The molecule has 4 heterocycles. The van der Waals surface area contributed by atoms with Gasteiger partial charge in [0.15, 0.2) is 27.2 Å². The highest BCUT2D eigenvalue weighted by atomic mass is 32.2. The van der Waals surface area contributed by atoms with Crippen molar-refractivity contribution in [1.82, 2.24) is 19.9 Å². The molecule has 0 bridgehead atoms. The van der Waals surface area contributed by atoms with Gasteiger partial charge in [-0.2, -0.15) is 0 Å². The molecular weight excluding hydrogens is 478 g/mol. The predicted molar refractivity (Wildman–Crippen MR) is 142 cm³/mol. The van der Waals surface area contributed by atoms with Gasteiger partial charge in [-0.25, -0.2) is 18.4 Å². The van der Waals surface area contributed by atoms with Crippen molar-refractivity contribution in [3.63, 3.8) is 0 Å². The van der Waals surface area contributed by atoms with Gasteiger partial charge in [0.1, 0.15) is 5.82 Å². The summed E-state index contributed by atoms with van der Waals surface area (Å²) in [5, 5.41) is 4.17. The molecule has 2 aliphatic heterocycles. The zero-order valence-electron chi connectivity index (χ0n) is 21.0. The highest BCUT2D eigenvalue weighted by molar-refractivity contribution is 7.91. The SMILES string of the molecule is COc1cc2c(NC3CCCS(=O)(=O)C3)nc(-c3ccc(C)[nH]3)nc2cc1OCCCN1CCCC1. The van der Waals surface area contributed by atoms with E-state index in [1.807, 2.05) is 31.2 Å². The Kier molecular flexibility index (Phi) is 7.34. The number of sulfone groups is 1. The second-order valence-corrected chi connectivity index (χ2v) is 12.0. The number of aryl methyl sites for hydroxylation is 1. The second kappa shape index (κ2) is 10.6. The third-order valence-electron chi connectivity index (χ3n) is 6.93. The first-order chi connectivity index (χ1) is 17.4. The third kappa shape index (κ3) is 5.75. The number of hydrogen-bond acceptors (Lipinski definition) is 8. The minimum absolute atomic E-state index is 0.102. The Morgan fingerprint density at radius 2 is 1.97 bits per heavy atom. The number of ether oxygens (including phenoxy) is 2. The minimum Gasteiger partial charge on any atom is -0.493 e. The molecule has 1 aromatic carbocycles. The molecule has 3 aromatic rings. The van der Waals surface area contributed by atoms with Crippen LogP contribution < -0.4 is 14.8 Å². The molecule has 1 atom stereocenters. The maximum absolute atomic E-state index is 12.2. The van der Waals surface area contributed by atoms with Crippen LogP contribution in [0.3, 0.4) is 0 Å². The van der Waals surface area contributed by atoms with E-state index in [1.165, 1.54) is 25.9 Å². The molecule has 2 N–H and O–H groups in total. The number of likely N-dealkylation sites (tertiary alicyclic amines) is 1. The number of anilines is 1. The van der Waals surface area contributed by atoms with Gasteiger partial charge < -0.3 is 24.7 Å². The van der Waals surface area contributed by atoms with Crippen LogP contribution in [-0.4, -0.2) is 79.2 Å². The highest BCUT2D eigenvalue weighted by Crippen LogP contribution is 2.36. The first-order valence-electron chi connectivity index (χ1n) is 12.8. The summed E-state index contributed by atoms with van der Waals surface area (Å²) in [4.78, 5) is 15.4. The lowest BCUT2D eigenvalue weighted by molar-refractivity contribution is 0.254. The molecule has 2 fully saturated rings. The zero-order chi connectivity index (χ0) is 25.1. The molecule has 0 radical (unpaired) electrons. The van der Waals surface area contributed by atoms with Gasteiger partial charge in [-0.15, -0.1) is 0 Å². The van der Waals surface area contributed by atoms with Crippen molar-refractivity contribution >= 4 is 26.6 Å². The maximum Gasteiger partial charge on any atom is 0.178 e. The van der Waals surface area contributed by atoms with Crippen molar-refractivity contribution < 1.29 is 17.9 Å². The number of benzene rings is 1. The summed E-state index contributed by atoms with van der Waals surface area (Å²) in [6, 6.07) is 7.51. The fourth-order valence-electron chi connectivity index (χ4n) is 5.08. The maximum atomic E-state index is 12.2. The van der Waals surface area contributed by atoms with Crippen molar-refractivity contribution in [3.05, 3.63) is 30.0 Å². The van der Waals surface area contributed by atoms with E-state index in [-0.39, 0.29) is 17.5 Å². The molecule has 10 heteroatoms. The smallest absolute Gasteiger partial charge is 0.178 e. The standard InChI is InChI=1S/C26H35N5O4S/c1-18-8-9-21(27-18)26-29-22-16-24(35-13-6-12-31-10-3-4-11-31)23(34-2)15-20(22)25(30-26)28-19-7-5-14-36(32,33)17-19/h8-9,15-16,19,27H,3-7,10-14,17H2,1-2H3,(H,28,29,30). The van der Waals surface area contributed by atoms with Gasteiger partial charge in [0.2, 0.25) is 0 Å². The van der Waals surface area contributed by atoms with Crippen molar-refractivity contribution in [2.75, 3.05) is 50.2 Å². The number of aromatic nitrogens is 3. The summed E-state index contributed by atoms with van der Waals surface area (Å²) in [6.07, 6.45) is 4.93. The van der Waals surface area contributed by atoms with Crippen molar-refractivity contribution in [1.29, 1.82) is 0 Å². The van der Waals surface area contributed by atoms with Crippen LogP contribution in [0.1, 0.15) is 37.8 Å². The van der Waals surface area contributed by atoms with Crippen molar-refractivity contribution in [2.45, 2.75) is 45.1 Å². The molecule has 2 aliphatic rings. The molecule has 1 unspecified atom stereocenters. The number of nitrogens with one attached hydrogen (secondary N) is 2. The number of rotatable bonds is 9. The monoisotopic (exact) mass is 513 g/mol. The Hall–Kier alpha value is -2.85. The lowest BCUT2D eigenvalue weighted by atomic mass is 10.1. The topological polar surface area (TPSA) is 109 Å². The van der Waals surface area contributed by atoms with Gasteiger partial charge in [0, 0.05) is 29.7 Å². The van der Waals surface area contributed by atoms with Gasteiger partial charge in [0.25, 0.3) is 0 Å². The van der Waals surface area contributed by atoms with Gasteiger partial charge in [-0.1, -0.05) is 0 Å². The molecule has 0 saturated carbocycles. The van der Waals surface area contributed by atoms with Gasteiger partial charge in [0.05, 0.1) is 36.4 Å². The Balaban J connectivity index is 1.45. The minimum atomic E-state index is -3.06. The first-order valence-corrected chi connectivity index (χ1v) is 14.6. The Morgan fingerprint density at radius 3 is 2.69 bits per heavy atom. The van der Waals surface area contributed by atoms with Crippen molar-refractivity contribution in [2.24, 2.45) is 0 Å². The third-order valence-corrected chi connectivity index (χ3v) is 8.75. The number of H-pyrrole nitrogens is 1. The molecule has 0 spiro atoms. The van der Waals surface area contributed by atoms with E-state index >= 15 is 0 Å². The fraction of sp³-hybridized carbons (Fsp3) is 0.538. The van der Waals surface area contributed by atoms with Crippen LogP contribution in [0.4, 0.5) is 5.82 Å². The summed E-state index contributed by atoms with van der Waals surface area (Å²) in [6.45, 7) is 5.96. The molecule has 2 aromatic heterocycles. The number of hydrogen-bond donors (Lipinski definition) is 2. The van der Waals surface area contributed by atoms with Crippen LogP contribution in [0.2, 0.25) is 0 Å². The Morgan fingerprint density at radius 1 is 1.14 bits per heavy atom. The average Bonchev–Trinajstić information content (AvgIpc) is 3.52. The molecule has 36 heavy (non-hydrogen) atoms.